The molecule has 0 bridgehead atoms. The molecule has 0 saturated carbocycles. The van der Waals surface area contributed by atoms with Crippen LogP contribution in [0, 0.1) is 6.92 Å². The summed E-state index contributed by atoms with van der Waals surface area (Å²) >= 11 is 0. The van der Waals surface area contributed by atoms with E-state index in [1.807, 2.05) is 0 Å². The fourth-order valence-corrected chi connectivity index (χ4v) is 3.93. The van der Waals surface area contributed by atoms with Crippen LogP contribution in [0.4, 0.5) is 0 Å². The molecule has 0 radical (unpaired) electrons. The zero-order chi connectivity index (χ0) is 16.5. The molecule has 0 aromatic heterocycles. The summed E-state index contributed by atoms with van der Waals surface area (Å²) in [4.78, 5) is 0. The zero-order valence-corrected chi connectivity index (χ0v) is 14.4. The Labute approximate surface area is 143 Å². The summed E-state index contributed by atoms with van der Waals surface area (Å²) in [6, 6.07) is 25.5. The molecule has 116 valence electrons. The lowest BCUT2D eigenvalue weighted by atomic mass is 9.88. The number of benzene rings is 4. The van der Waals surface area contributed by atoms with Gasteiger partial charge in [0.05, 0.1) is 6.16 Å². The number of fused-ring (bicyclic) bond motifs is 2. The molecule has 0 saturated heterocycles. The summed E-state index contributed by atoms with van der Waals surface area (Å²) in [5, 5.41) is 4.92. The maximum atomic E-state index is 11.3. The Morgan fingerprint density at radius 3 is 1.96 bits per heavy atom. The minimum absolute atomic E-state index is 0.152. The number of aryl methyl sites for hydroxylation is 1. The van der Waals surface area contributed by atoms with Crippen molar-refractivity contribution in [3.63, 3.8) is 0 Å². The van der Waals surface area contributed by atoms with E-state index in [0.717, 1.165) is 5.56 Å². The third-order valence-electron chi connectivity index (χ3n) is 4.64. The van der Waals surface area contributed by atoms with Crippen LogP contribution in [0.1, 0.15) is 11.1 Å². The minimum Gasteiger partial charge on any atom is -0.275 e. The van der Waals surface area contributed by atoms with E-state index < -0.39 is 0 Å². The maximum Gasteiger partial charge on any atom is 0.160 e. The lowest BCUT2D eigenvalue weighted by Gasteiger charge is -2.17. The van der Waals surface area contributed by atoms with E-state index in [0.29, 0.717) is 6.16 Å². The van der Waals surface area contributed by atoms with E-state index in [-0.39, 0.29) is 8.46 Å². The predicted octanol–water partition coefficient (Wildman–Crippen LogP) is 6.76. The third-order valence-corrected chi connectivity index (χ3v) is 5.11. The molecule has 4 aromatic carbocycles. The van der Waals surface area contributed by atoms with Crippen molar-refractivity contribution in [1.29, 1.82) is 0 Å². The van der Waals surface area contributed by atoms with Crippen LogP contribution in [0.15, 0.2) is 72.8 Å². The molecule has 0 atom stereocenters. The van der Waals surface area contributed by atoms with Crippen LogP contribution in [0.3, 0.4) is 0 Å². The van der Waals surface area contributed by atoms with Gasteiger partial charge in [-0.25, -0.2) is 0 Å². The average Bonchev–Trinajstić information content (AvgIpc) is 2.62. The maximum absolute atomic E-state index is 11.3. The molecule has 0 aliphatic heterocycles. The van der Waals surface area contributed by atoms with Gasteiger partial charge < -0.3 is 0 Å². The molecule has 4 aromatic rings. The summed E-state index contributed by atoms with van der Waals surface area (Å²) in [6.07, 6.45) is 0.531. The molecule has 0 fully saturated rings. The molecule has 0 heterocycles. The van der Waals surface area contributed by atoms with Gasteiger partial charge in [-0.1, -0.05) is 72.8 Å². The van der Waals surface area contributed by atoms with Crippen molar-refractivity contribution in [3.05, 3.63) is 83.9 Å². The molecular formula is C22H17OP. The van der Waals surface area contributed by atoms with E-state index in [9.17, 15) is 4.57 Å². The SMILES string of the molecule is Cc1ccc2ccccc2c1-c1c(CP=O)ccc2ccccc12. The molecule has 0 N–H and O–H groups in total. The van der Waals surface area contributed by atoms with E-state index >= 15 is 0 Å². The second-order valence-electron chi connectivity index (χ2n) is 6.09. The topological polar surface area (TPSA) is 17.1 Å². The molecule has 0 unspecified atom stereocenters. The van der Waals surface area contributed by atoms with Gasteiger partial charge in [-0.05, 0) is 50.7 Å². The molecule has 0 aliphatic carbocycles. The second-order valence-corrected chi connectivity index (χ2v) is 6.66. The number of rotatable bonds is 3. The molecule has 24 heavy (non-hydrogen) atoms. The first-order chi connectivity index (χ1) is 11.8. The third kappa shape index (κ3) is 2.42. The van der Waals surface area contributed by atoms with Crippen LogP contribution in [-0.2, 0) is 10.7 Å². The van der Waals surface area contributed by atoms with Crippen molar-refractivity contribution in [1.82, 2.24) is 0 Å². The highest BCUT2D eigenvalue weighted by molar-refractivity contribution is 7.22. The monoisotopic (exact) mass is 328 g/mol. The molecule has 1 nitrogen and oxygen atoms in total. The van der Waals surface area contributed by atoms with E-state index in [1.54, 1.807) is 0 Å². The van der Waals surface area contributed by atoms with Crippen LogP contribution in [0.2, 0.25) is 0 Å². The van der Waals surface area contributed by atoms with Crippen LogP contribution < -0.4 is 0 Å². The standard InChI is InChI=1S/C22H17OP/c1-15-10-11-16-6-2-4-8-19(16)21(15)22-18(14-24-23)13-12-17-7-3-5-9-20(17)22/h2-13H,14H2,1H3. The Hall–Kier alpha value is -2.50. The Balaban J connectivity index is 2.19. The zero-order valence-electron chi connectivity index (χ0n) is 13.5. The highest BCUT2D eigenvalue weighted by Crippen LogP contribution is 2.39. The summed E-state index contributed by atoms with van der Waals surface area (Å²) in [7, 11) is 0.152. The van der Waals surface area contributed by atoms with Crippen molar-refractivity contribution >= 4 is 30.0 Å². The quantitative estimate of drug-likeness (QED) is 0.380. The first kappa shape index (κ1) is 15.1. The highest BCUT2D eigenvalue weighted by Gasteiger charge is 2.14. The van der Waals surface area contributed by atoms with E-state index in [2.05, 4.69) is 79.7 Å². The van der Waals surface area contributed by atoms with E-state index in [4.69, 9.17) is 0 Å². The lowest BCUT2D eigenvalue weighted by Crippen LogP contribution is -1.93. The van der Waals surface area contributed by atoms with Gasteiger partial charge in [-0.3, -0.25) is 4.57 Å². The number of hydrogen-bond donors (Lipinski definition) is 0. The largest absolute Gasteiger partial charge is 0.275 e. The van der Waals surface area contributed by atoms with Gasteiger partial charge >= 0.3 is 0 Å². The first-order valence-electron chi connectivity index (χ1n) is 8.08. The Morgan fingerprint density at radius 1 is 0.708 bits per heavy atom. The lowest BCUT2D eigenvalue weighted by molar-refractivity contribution is 0.598. The smallest absolute Gasteiger partial charge is 0.160 e. The highest BCUT2D eigenvalue weighted by atomic mass is 31.1. The van der Waals surface area contributed by atoms with Crippen molar-refractivity contribution < 1.29 is 4.57 Å². The first-order valence-corrected chi connectivity index (χ1v) is 9.08. The van der Waals surface area contributed by atoms with Gasteiger partial charge in [0.25, 0.3) is 0 Å². The Kier molecular flexibility index (Phi) is 3.88. The molecule has 2 heteroatoms. The van der Waals surface area contributed by atoms with Crippen molar-refractivity contribution in [2.45, 2.75) is 13.1 Å². The molecule has 0 aliphatic rings. The average molecular weight is 328 g/mol. The molecule has 4 rings (SSSR count). The van der Waals surface area contributed by atoms with Gasteiger partial charge in [0.2, 0.25) is 0 Å². The van der Waals surface area contributed by atoms with Crippen LogP contribution in [0.25, 0.3) is 32.7 Å². The Bertz CT molecular complexity index is 1070. The normalized spacial score (nSPS) is 11.4. The van der Waals surface area contributed by atoms with Gasteiger partial charge in [0.15, 0.2) is 8.46 Å². The van der Waals surface area contributed by atoms with Gasteiger partial charge in [-0.2, -0.15) is 0 Å². The van der Waals surface area contributed by atoms with Crippen molar-refractivity contribution in [3.8, 4) is 11.1 Å². The molecular weight excluding hydrogens is 311 g/mol. The summed E-state index contributed by atoms with van der Waals surface area (Å²) in [5.41, 5.74) is 4.84. The van der Waals surface area contributed by atoms with E-state index in [1.165, 1.54) is 38.2 Å². The summed E-state index contributed by atoms with van der Waals surface area (Å²) in [5.74, 6) is 0. The number of hydrogen-bond acceptors (Lipinski definition) is 1. The van der Waals surface area contributed by atoms with Crippen LogP contribution in [0.5, 0.6) is 0 Å². The fourth-order valence-electron chi connectivity index (χ4n) is 3.53. The summed E-state index contributed by atoms with van der Waals surface area (Å²) < 4.78 is 11.3. The minimum atomic E-state index is 0.152. The van der Waals surface area contributed by atoms with Gasteiger partial charge in [0.1, 0.15) is 0 Å². The predicted molar refractivity (Wildman–Crippen MR) is 103 cm³/mol. The van der Waals surface area contributed by atoms with Crippen molar-refractivity contribution in [2.75, 3.05) is 0 Å². The summed E-state index contributed by atoms with van der Waals surface area (Å²) in [6.45, 7) is 2.15. The molecule has 0 spiro atoms. The van der Waals surface area contributed by atoms with Gasteiger partial charge in [-0.15, -0.1) is 0 Å². The van der Waals surface area contributed by atoms with Gasteiger partial charge in [0, 0.05) is 0 Å². The van der Waals surface area contributed by atoms with Crippen molar-refractivity contribution in [2.24, 2.45) is 0 Å². The second kappa shape index (κ2) is 6.19. The van der Waals surface area contributed by atoms with Crippen LogP contribution in [-0.4, -0.2) is 0 Å². The Morgan fingerprint density at radius 2 is 1.29 bits per heavy atom. The fraction of sp³-hybridized carbons (Fsp3) is 0.0909. The molecule has 0 amide bonds. The van der Waals surface area contributed by atoms with Crippen LogP contribution >= 0.6 is 8.46 Å².